The molecule has 0 aromatic rings. The van der Waals surface area contributed by atoms with Crippen LogP contribution >= 0.6 is 0 Å². The third-order valence-corrected chi connectivity index (χ3v) is 1.86. The topological polar surface area (TPSA) is 20.2 Å². The number of aliphatic hydroxyl groups is 1. The zero-order valence-corrected chi connectivity index (χ0v) is 6.53. The van der Waals surface area contributed by atoms with E-state index in [1.54, 1.807) is 20.8 Å². The van der Waals surface area contributed by atoms with Gasteiger partial charge in [-0.1, -0.05) is 20.8 Å². The quantitative estimate of drug-likeness (QED) is 0.579. The SMILES string of the molecule is CC(C)(C)C(C)(F)CO. The Bertz CT molecular complexity index is 91.6. The van der Waals surface area contributed by atoms with Crippen LogP contribution in [0.3, 0.4) is 0 Å². The van der Waals surface area contributed by atoms with Crippen LogP contribution in [0, 0.1) is 5.41 Å². The molecule has 0 saturated heterocycles. The smallest absolute Gasteiger partial charge is 0.135 e. The van der Waals surface area contributed by atoms with Crippen LogP contribution in [0.4, 0.5) is 4.39 Å². The van der Waals surface area contributed by atoms with E-state index in [1.165, 1.54) is 6.92 Å². The van der Waals surface area contributed by atoms with Crippen LogP contribution in [0.5, 0.6) is 0 Å². The Labute approximate surface area is 55.9 Å². The average Bonchev–Trinajstić information content (AvgIpc) is 1.64. The fraction of sp³-hybridized carbons (Fsp3) is 1.00. The zero-order chi connectivity index (χ0) is 7.71. The van der Waals surface area contributed by atoms with Crippen molar-refractivity contribution < 1.29 is 9.50 Å². The van der Waals surface area contributed by atoms with Gasteiger partial charge in [-0.15, -0.1) is 0 Å². The molecule has 0 rings (SSSR count). The maximum absolute atomic E-state index is 13.1. The lowest BCUT2D eigenvalue weighted by Crippen LogP contribution is -2.38. The Morgan fingerprint density at radius 2 is 1.56 bits per heavy atom. The van der Waals surface area contributed by atoms with Crippen molar-refractivity contribution in [2.24, 2.45) is 5.41 Å². The molecular formula is C7H15FO. The van der Waals surface area contributed by atoms with E-state index in [0.717, 1.165) is 0 Å². The number of hydrogen-bond donors (Lipinski definition) is 1. The Balaban J connectivity index is 4.14. The second-order valence-electron chi connectivity index (χ2n) is 3.61. The van der Waals surface area contributed by atoms with E-state index in [1.807, 2.05) is 0 Å². The van der Waals surface area contributed by atoms with Crippen LogP contribution in [0.1, 0.15) is 27.7 Å². The average molecular weight is 134 g/mol. The van der Waals surface area contributed by atoms with Crippen LogP contribution < -0.4 is 0 Å². The summed E-state index contributed by atoms with van der Waals surface area (Å²) in [6, 6.07) is 0. The standard InChI is InChI=1S/C7H15FO/c1-6(2,3)7(4,8)5-9/h9H,5H2,1-4H3. The van der Waals surface area contributed by atoms with Crippen molar-refractivity contribution in [1.82, 2.24) is 0 Å². The van der Waals surface area contributed by atoms with Crippen LogP contribution in [0.2, 0.25) is 0 Å². The van der Waals surface area contributed by atoms with Crippen molar-refractivity contribution in [2.45, 2.75) is 33.4 Å². The molecule has 56 valence electrons. The highest BCUT2D eigenvalue weighted by Crippen LogP contribution is 2.32. The molecule has 0 fully saturated rings. The molecule has 0 aromatic heterocycles. The van der Waals surface area contributed by atoms with Crippen molar-refractivity contribution in [1.29, 1.82) is 0 Å². The molecule has 0 radical (unpaired) electrons. The predicted molar refractivity (Wildman–Crippen MR) is 36.1 cm³/mol. The minimum Gasteiger partial charge on any atom is -0.393 e. The van der Waals surface area contributed by atoms with Gasteiger partial charge in [0.2, 0.25) is 0 Å². The minimum atomic E-state index is -1.47. The van der Waals surface area contributed by atoms with Crippen molar-refractivity contribution in [3.05, 3.63) is 0 Å². The summed E-state index contributed by atoms with van der Waals surface area (Å²) in [5.41, 5.74) is -1.94. The summed E-state index contributed by atoms with van der Waals surface area (Å²) < 4.78 is 13.1. The molecule has 9 heavy (non-hydrogen) atoms. The molecule has 0 aliphatic heterocycles. The van der Waals surface area contributed by atoms with Gasteiger partial charge in [0.15, 0.2) is 0 Å². The molecule has 0 aliphatic carbocycles. The molecule has 0 aliphatic rings. The largest absolute Gasteiger partial charge is 0.393 e. The first-order valence-electron chi connectivity index (χ1n) is 3.11. The summed E-state index contributed by atoms with van der Waals surface area (Å²) in [7, 11) is 0. The second-order valence-corrected chi connectivity index (χ2v) is 3.61. The molecule has 0 bridgehead atoms. The molecule has 1 N–H and O–H groups in total. The van der Waals surface area contributed by atoms with E-state index in [-0.39, 0.29) is 0 Å². The van der Waals surface area contributed by atoms with E-state index >= 15 is 0 Å². The molecule has 2 heteroatoms. The van der Waals surface area contributed by atoms with Gasteiger partial charge in [-0.2, -0.15) is 0 Å². The first-order valence-corrected chi connectivity index (χ1v) is 3.11. The molecule has 1 unspecified atom stereocenters. The van der Waals surface area contributed by atoms with E-state index in [9.17, 15) is 4.39 Å². The molecule has 0 spiro atoms. The second kappa shape index (κ2) is 2.25. The number of rotatable bonds is 1. The van der Waals surface area contributed by atoms with E-state index < -0.39 is 17.7 Å². The van der Waals surface area contributed by atoms with Crippen LogP contribution in [0.15, 0.2) is 0 Å². The Morgan fingerprint density at radius 3 is 1.56 bits per heavy atom. The lowest BCUT2D eigenvalue weighted by molar-refractivity contribution is -0.00676. The number of hydrogen-bond acceptors (Lipinski definition) is 1. The summed E-state index contributed by atoms with van der Waals surface area (Å²) in [5.74, 6) is 0. The Kier molecular flexibility index (Phi) is 2.23. The van der Waals surface area contributed by atoms with Gasteiger partial charge in [-0.05, 0) is 12.3 Å². The maximum Gasteiger partial charge on any atom is 0.135 e. The Morgan fingerprint density at radius 1 is 1.22 bits per heavy atom. The number of halogens is 1. The molecule has 0 aromatic carbocycles. The summed E-state index contributed by atoms with van der Waals surface area (Å²) in [4.78, 5) is 0. The summed E-state index contributed by atoms with van der Waals surface area (Å²) in [6.07, 6.45) is 0. The van der Waals surface area contributed by atoms with Gasteiger partial charge in [-0.3, -0.25) is 0 Å². The molecule has 0 heterocycles. The van der Waals surface area contributed by atoms with Gasteiger partial charge in [0.25, 0.3) is 0 Å². The van der Waals surface area contributed by atoms with Crippen LogP contribution in [-0.2, 0) is 0 Å². The third-order valence-electron chi connectivity index (χ3n) is 1.86. The lowest BCUT2D eigenvalue weighted by atomic mass is 9.80. The molecule has 0 amide bonds. The monoisotopic (exact) mass is 134 g/mol. The summed E-state index contributed by atoms with van der Waals surface area (Å²) >= 11 is 0. The van der Waals surface area contributed by atoms with Gasteiger partial charge in [0.05, 0.1) is 6.61 Å². The van der Waals surface area contributed by atoms with Gasteiger partial charge < -0.3 is 5.11 Å². The van der Waals surface area contributed by atoms with E-state index in [4.69, 9.17) is 5.11 Å². The van der Waals surface area contributed by atoms with Gasteiger partial charge in [0, 0.05) is 0 Å². The number of alkyl halides is 1. The first kappa shape index (κ1) is 8.89. The van der Waals surface area contributed by atoms with Crippen molar-refractivity contribution in [3.63, 3.8) is 0 Å². The highest BCUT2D eigenvalue weighted by molar-refractivity contribution is 4.85. The predicted octanol–water partition coefficient (Wildman–Crippen LogP) is 1.75. The van der Waals surface area contributed by atoms with Crippen molar-refractivity contribution >= 4 is 0 Å². The summed E-state index contributed by atoms with van der Waals surface area (Å²) in [5, 5.41) is 8.55. The molecule has 0 saturated carbocycles. The number of aliphatic hydroxyl groups excluding tert-OH is 1. The normalized spacial score (nSPS) is 19.3. The highest BCUT2D eigenvalue weighted by Gasteiger charge is 2.36. The maximum atomic E-state index is 13.1. The minimum absolute atomic E-state index is 0.406. The van der Waals surface area contributed by atoms with Crippen LogP contribution in [0.25, 0.3) is 0 Å². The summed E-state index contributed by atoms with van der Waals surface area (Å²) in [6.45, 7) is 6.30. The molecule has 1 atom stereocenters. The van der Waals surface area contributed by atoms with Crippen molar-refractivity contribution in [3.8, 4) is 0 Å². The first-order chi connectivity index (χ1) is 3.81. The van der Waals surface area contributed by atoms with Crippen LogP contribution in [-0.4, -0.2) is 17.4 Å². The fourth-order valence-electron chi connectivity index (χ4n) is 0.237. The highest BCUT2D eigenvalue weighted by atomic mass is 19.1. The fourth-order valence-corrected chi connectivity index (χ4v) is 0.237. The Hall–Kier alpha value is -0.110. The van der Waals surface area contributed by atoms with Gasteiger partial charge >= 0.3 is 0 Å². The molecule has 1 nitrogen and oxygen atoms in total. The van der Waals surface area contributed by atoms with E-state index in [0.29, 0.717) is 0 Å². The van der Waals surface area contributed by atoms with E-state index in [2.05, 4.69) is 0 Å². The molecular weight excluding hydrogens is 119 g/mol. The zero-order valence-electron chi connectivity index (χ0n) is 6.53. The van der Waals surface area contributed by atoms with Crippen molar-refractivity contribution in [2.75, 3.05) is 6.61 Å². The van der Waals surface area contributed by atoms with Gasteiger partial charge in [0.1, 0.15) is 5.67 Å². The lowest BCUT2D eigenvalue weighted by Gasteiger charge is -2.32. The van der Waals surface area contributed by atoms with Gasteiger partial charge in [-0.25, -0.2) is 4.39 Å². The third kappa shape index (κ3) is 1.94.